The molecule has 7 rings (SSSR count). The highest BCUT2D eigenvalue weighted by atomic mass is 32.1. The smallest absolute Gasteiger partial charge is 0.249 e. The van der Waals surface area contributed by atoms with Crippen LogP contribution in [-0.4, -0.2) is 20.9 Å². The fourth-order valence-electron chi connectivity index (χ4n) is 7.09. The highest BCUT2D eigenvalue weighted by molar-refractivity contribution is 7.15. The summed E-state index contributed by atoms with van der Waals surface area (Å²) in [6.07, 6.45) is 5.30. The molecule has 1 fully saturated rings. The highest BCUT2D eigenvalue weighted by Crippen LogP contribution is 2.61. The first kappa shape index (κ1) is 25.4. The summed E-state index contributed by atoms with van der Waals surface area (Å²) >= 11 is 1.39. The summed E-state index contributed by atoms with van der Waals surface area (Å²) < 4.78 is 58.8. The number of aromatic nitrogens is 3. The van der Waals surface area contributed by atoms with Crippen LogP contribution in [-0.2, 0) is 6.42 Å². The minimum absolute atomic E-state index is 0.0369. The molecule has 204 valence electrons. The molecule has 4 atom stereocenters. The first-order chi connectivity index (χ1) is 19.2. The Morgan fingerprint density at radius 2 is 1.80 bits per heavy atom. The Balaban J connectivity index is 1.27. The van der Waals surface area contributed by atoms with Gasteiger partial charge in [0.2, 0.25) is 0 Å². The summed E-state index contributed by atoms with van der Waals surface area (Å²) in [5.74, 6) is -2.69. The number of thiazole rings is 1. The third-order valence-electron chi connectivity index (χ3n) is 9.03. The molecule has 4 aromatic rings. The van der Waals surface area contributed by atoms with E-state index in [9.17, 15) is 17.6 Å². The van der Waals surface area contributed by atoms with Gasteiger partial charge < -0.3 is 0 Å². The van der Waals surface area contributed by atoms with Crippen molar-refractivity contribution in [3.63, 3.8) is 0 Å². The minimum Gasteiger partial charge on any atom is -0.249 e. The van der Waals surface area contributed by atoms with Crippen LogP contribution in [0.2, 0.25) is 0 Å². The van der Waals surface area contributed by atoms with Gasteiger partial charge in [0.15, 0.2) is 0 Å². The summed E-state index contributed by atoms with van der Waals surface area (Å²) in [6.45, 7) is 2.18. The van der Waals surface area contributed by atoms with Crippen molar-refractivity contribution in [1.29, 1.82) is 0 Å². The number of hydrogen-bond donors (Lipinski definition) is 0. The fraction of sp³-hybridized carbons (Fsp3) is 0.312. The van der Waals surface area contributed by atoms with Crippen LogP contribution in [0.5, 0.6) is 0 Å². The summed E-state index contributed by atoms with van der Waals surface area (Å²) in [4.78, 5) is 5.51. The third-order valence-corrected chi connectivity index (χ3v) is 10.2. The zero-order valence-corrected chi connectivity index (χ0v) is 22.6. The van der Waals surface area contributed by atoms with E-state index in [1.165, 1.54) is 29.0 Å². The van der Waals surface area contributed by atoms with Gasteiger partial charge in [-0.2, -0.15) is 18.3 Å². The van der Waals surface area contributed by atoms with Crippen molar-refractivity contribution < 1.29 is 17.6 Å². The Bertz CT molecular complexity index is 1630. The topological polar surface area (TPSA) is 30.7 Å². The molecular weight excluding hydrogens is 534 g/mol. The Kier molecular flexibility index (Phi) is 5.89. The largest absolute Gasteiger partial charge is 0.392 e. The van der Waals surface area contributed by atoms with Crippen LogP contribution < -0.4 is 0 Å². The van der Waals surface area contributed by atoms with Crippen LogP contribution in [0.1, 0.15) is 48.4 Å². The molecule has 0 spiro atoms. The molecule has 2 aromatic heterocycles. The van der Waals surface area contributed by atoms with E-state index in [2.05, 4.69) is 23.1 Å². The summed E-state index contributed by atoms with van der Waals surface area (Å²) in [6, 6.07) is 16.0. The molecule has 0 aliphatic heterocycles. The number of benzene rings is 2. The van der Waals surface area contributed by atoms with Gasteiger partial charge in [-0.3, -0.25) is 0 Å². The van der Waals surface area contributed by atoms with Gasteiger partial charge in [-0.25, -0.2) is 14.1 Å². The zero-order valence-electron chi connectivity index (χ0n) is 21.8. The van der Waals surface area contributed by atoms with E-state index < -0.39 is 18.0 Å². The summed E-state index contributed by atoms with van der Waals surface area (Å²) in [7, 11) is 0. The second-order valence-electron chi connectivity index (χ2n) is 11.3. The predicted molar refractivity (Wildman–Crippen MR) is 149 cm³/mol. The molecule has 2 aromatic carbocycles. The quantitative estimate of drug-likeness (QED) is 0.185. The van der Waals surface area contributed by atoms with Crippen molar-refractivity contribution in [2.24, 2.45) is 17.3 Å². The molecule has 0 bridgehead atoms. The van der Waals surface area contributed by atoms with Gasteiger partial charge in [0.25, 0.3) is 0 Å². The van der Waals surface area contributed by atoms with Crippen LogP contribution >= 0.6 is 11.3 Å². The summed E-state index contributed by atoms with van der Waals surface area (Å²) in [5.41, 5.74) is 5.71. The Hall–Kier alpha value is -3.52. The number of hydrogen-bond acceptors (Lipinski definition) is 3. The zero-order chi connectivity index (χ0) is 27.6. The molecular formula is C32H27F4N3S. The number of nitrogens with zero attached hydrogens (tertiary/aromatic N) is 3. The maximum atomic E-state index is 14.5. The molecule has 2 heterocycles. The molecule has 3 nitrogen and oxygen atoms in total. The lowest BCUT2D eigenvalue weighted by Gasteiger charge is -2.51. The number of allylic oxidation sites excluding steroid dienone is 3. The third kappa shape index (κ3) is 4.07. The highest BCUT2D eigenvalue weighted by Gasteiger charge is 2.55. The molecule has 3 aliphatic rings. The molecule has 0 N–H and O–H groups in total. The van der Waals surface area contributed by atoms with Crippen molar-refractivity contribution >= 4 is 17.4 Å². The number of alkyl halides is 3. The van der Waals surface area contributed by atoms with E-state index in [-0.39, 0.29) is 23.6 Å². The molecule has 1 saturated carbocycles. The Morgan fingerprint density at radius 1 is 1.02 bits per heavy atom. The van der Waals surface area contributed by atoms with Crippen LogP contribution in [0.4, 0.5) is 17.6 Å². The summed E-state index contributed by atoms with van der Waals surface area (Å²) in [5, 5.41) is 5.18. The lowest BCUT2D eigenvalue weighted by Crippen LogP contribution is -2.44. The van der Waals surface area contributed by atoms with Gasteiger partial charge in [0.05, 0.1) is 33.4 Å². The molecule has 0 amide bonds. The van der Waals surface area contributed by atoms with Crippen LogP contribution in [0.15, 0.2) is 84.2 Å². The normalized spacial score (nSPS) is 25.9. The van der Waals surface area contributed by atoms with Crippen LogP contribution in [0, 0.1) is 23.1 Å². The first-order valence-electron chi connectivity index (χ1n) is 13.5. The van der Waals surface area contributed by atoms with Crippen molar-refractivity contribution in [1.82, 2.24) is 14.8 Å². The molecule has 3 aliphatic carbocycles. The van der Waals surface area contributed by atoms with Gasteiger partial charge >= 0.3 is 6.18 Å². The second kappa shape index (κ2) is 9.26. The molecule has 0 radical (unpaired) electrons. The van der Waals surface area contributed by atoms with Gasteiger partial charge in [-0.1, -0.05) is 54.5 Å². The maximum Gasteiger partial charge on any atom is 0.392 e. The van der Waals surface area contributed by atoms with Crippen LogP contribution in [0.25, 0.3) is 22.2 Å². The fourth-order valence-corrected chi connectivity index (χ4v) is 8.24. The lowest BCUT2D eigenvalue weighted by atomic mass is 9.54. The van der Waals surface area contributed by atoms with Crippen molar-refractivity contribution in [2.75, 3.05) is 0 Å². The van der Waals surface area contributed by atoms with Gasteiger partial charge in [0, 0.05) is 17.5 Å². The number of halogens is 4. The molecule has 8 heteroatoms. The Labute approximate surface area is 233 Å². The molecule has 0 saturated heterocycles. The van der Waals surface area contributed by atoms with Gasteiger partial charge in [-0.15, -0.1) is 11.3 Å². The average molecular weight is 562 g/mol. The van der Waals surface area contributed by atoms with E-state index in [4.69, 9.17) is 0 Å². The van der Waals surface area contributed by atoms with Crippen molar-refractivity contribution in [3.05, 3.63) is 106 Å². The van der Waals surface area contributed by atoms with E-state index in [1.54, 1.807) is 18.3 Å². The lowest BCUT2D eigenvalue weighted by molar-refractivity contribution is -0.185. The number of rotatable bonds is 3. The molecule has 0 unspecified atom stereocenters. The van der Waals surface area contributed by atoms with E-state index in [0.717, 1.165) is 33.0 Å². The maximum absolute atomic E-state index is 14.5. The van der Waals surface area contributed by atoms with E-state index in [0.29, 0.717) is 24.3 Å². The first-order valence-corrected chi connectivity index (χ1v) is 14.4. The van der Waals surface area contributed by atoms with Crippen molar-refractivity contribution in [3.8, 4) is 16.1 Å². The van der Waals surface area contributed by atoms with Gasteiger partial charge in [0.1, 0.15) is 5.82 Å². The SMILES string of the molecule is C[C@]12Cc3cnn(-c4ccc(F)cc4)c3C=C1CC[C@H]1C2=CC[C@@H](C(F)(F)F)[C@@H]1c1ncc(-c2ccccc2)s1. The number of fused-ring (bicyclic) bond motifs is 4. The monoisotopic (exact) mass is 561 g/mol. The van der Waals surface area contributed by atoms with Crippen LogP contribution in [0.3, 0.4) is 0 Å². The van der Waals surface area contributed by atoms with E-state index in [1.807, 2.05) is 47.3 Å². The Morgan fingerprint density at radius 3 is 2.55 bits per heavy atom. The van der Waals surface area contributed by atoms with Gasteiger partial charge in [-0.05, 0) is 73.1 Å². The molecule has 40 heavy (non-hydrogen) atoms. The average Bonchev–Trinajstić information content (AvgIpc) is 3.59. The predicted octanol–water partition coefficient (Wildman–Crippen LogP) is 8.78. The second-order valence-corrected chi connectivity index (χ2v) is 12.3. The van der Waals surface area contributed by atoms with E-state index >= 15 is 0 Å². The van der Waals surface area contributed by atoms with Crippen molar-refractivity contribution in [2.45, 2.75) is 44.7 Å². The minimum atomic E-state index is -4.31. The standard InChI is InChI=1S/C32H27F4N3S/c1-31-16-20-17-38-39(23-10-8-22(33)9-11-23)27(20)15-21(31)7-12-24-25(31)13-14-26(32(34,35)36)29(24)30-37-18-28(40-30)19-5-3-2-4-6-19/h2-6,8-11,13,15,17-18,24,26,29H,7,12,14,16H2,1H3/t24-,26+,29+,31-/m0/s1.